The summed E-state index contributed by atoms with van der Waals surface area (Å²) in [5.41, 5.74) is 4.12. The number of anilines is 3. The van der Waals surface area contributed by atoms with Gasteiger partial charge in [0.05, 0.1) is 19.1 Å². The zero-order chi connectivity index (χ0) is 22.1. The molecule has 2 heterocycles. The van der Waals surface area contributed by atoms with Gasteiger partial charge in [-0.15, -0.1) is 0 Å². The molecule has 0 bridgehead atoms. The molecule has 2 atom stereocenters. The molecule has 2 aliphatic rings. The van der Waals surface area contributed by atoms with Crippen LogP contribution in [0.4, 0.5) is 21.5 Å². The summed E-state index contributed by atoms with van der Waals surface area (Å²) >= 11 is 0. The standard InChI is InChI=1S/C26H26FN3O2/c1-32-22-7-4-6-21(16-22)29-13-14-30-24-8-3-2-5-18(24)15-23(25(30)17-29)26(31)28-20-11-9-19(27)10-12-20/h2-12,16,23,25H,13-15,17H2,1H3,(H,28,31)/t23-,25-/m1/s1. The number of fused-ring (bicyclic) bond motifs is 3. The number of hydrogen-bond donors (Lipinski definition) is 1. The van der Waals surface area contributed by atoms with Crippen molar-refractivity contribution in [1.29, 1.82) is 0 Å². The first-order valence-electron chi connectivity index (χ1n) is 10.9. The summed E-state index contributed by atoms with van der Waals surface area (Å²) < 4.78 is 18.7. The van der Waals surface area contributed by atoms with Gasteiger partial charge in [0, 0.05) is 42.8 Å². The van der Waals surface area contributed by atoms with E-state index in [0.29, 0.717) is 12.1 Å². The van der Waals surface area contributed by atoms with Crippen molar-refractivity contribution in [1.82, 2.24) is 0 Å². The van der Waals surface area contributed by atoms with Gasteiger partial charge in [-0.05, 0) is 54.4 Å². The average molecular weight is 432 g/mol. The molecule has 5 rings (SSSR count). The van der Waals surface area contributed by atoms with Crippen molar-refractivity contribution in [2.75, 3.05) is 41.9 Å². The molecule has 1 amide bonds. The summed E-state index contributed by atoms with van der Waals surface area (Å²) in [5, 5.41) is 3.00. The highest BCUT2D eigenvalue weighted by Crippen LogP contribution is 2.37. The van der Waals surface area contributed by atoms with E-state index in [9.17, 15) is 9.18 Å². The van der Waals surface area contributed by atoms with Crippen molar-refractivity contribution in [3.05, 3.63) is 84.2 Å². The molecular weight excluding hydrogens is 405 g/mol. The van der Waals surface area contributed by atoms with Crippen molar-refractivity contribution < 1.29 is 13.9 Å². The molecular formula is C26H26FN3O2. The first kappa shape index (κ1) is 20.4. The lowest BCUT2D eigenvalue weighted by Gasteiger charge is -2.49. The number of nitrogens with one attached hydrogen (secondary N) is 1. The minimum atomic E-state index is -0.318. The Balaban J connectivity index is 1.44. The maximum Gasteiger partial charge on any atom is 0.229 e. The fourth-order valence-corrected chi connectivity index (χ4v) is 4.87. The normalized spacial score (nSPS) is 19.7. The molecule has 2 aliphatic heterocycles. The Kier molecular flexibility index (Phi) is 5.43. The molecule has 0 radical (unpaired) electrons. The predicted molar refractivity (Wildman–Crippen MR) is 125 cm³/mol. The molecule has 32 heavy (non-hydrogen) atoms. The largest absolute Gasteiger partial charge is 0.497 e. The highest BCUT2D eigenvalue weighted by atomic mass is 19.1. The summed E-state index contributed by atoms with van der Waals surface area (Å²) in [4.78, 5) is 18.1. The van der Waals surface area contributed by atoms with E-state index in [4.69, 9.17) is 4.74 Å². The van der Waals surface area contributed by atoms with Crippen LogP contribution in [0.15, 0.2) is 72.8 Å². The number of piperazine rings is 1. The van der Waals surface area contributed by atoms with Gasteiger partial charge in [0.25, 0.3) is 0 Å². The predicted octanol–water partition coefficient (Wildman–Crippen LogP) is 4.34. The molecule has 1 N–H and O–H groups in total. The van der Waals surface area contributed by atoms with Crippen molar-refractivity contribution in [2.45, 2.75) is 12.5 Å². The number of rotatable bonds is 4. The van der Waals surface area contributed by atoms with Crippen LogP contribution in [-0.2, 0) is 11.2 Å². The van der Waals surface area contributed by atoms with Crippen LogP contribution in [0.1, 0.15) is 5.56 Å². The van der Waals surface area contributed by atoms with Gasteiger partial charge in [0.2, 0.25) is 5.91 Å². The molecule has 3 aromatic rings. The van der Waals surface area contributed by atoms with E-state index >= 15 is 0 Å². The van der Waals surface area contributed by atoms with Crippen LogP contribution in [0.3, 0.4) is 0 Å². The number of ether oxygens (including phenoxy) is 1. The van der Waals surface area contributed by atoms with Crippen LogP contribution in [0.25, 0.3) is 0 Å². The monoisotopic (exact) mass is 431 g/mol. The average Bonchev–Trinajstić information content (AvgIpc) is 2.84. The van der Waals surface area contributed by atoms with E-state index in [1.54, 1.807) is 19.2 Å². The van der Waals surface area contributed by atoms with E-state index < -0.39 is 0 Å². The molecule has 1 saturated heterocycles. The Morgan fingerprint density at radius 3 is 2.66 bits per heavy atom. The lowest BCUT2D eigenvalue weighted by atomic mass is 9.83. The lowest BCUT2D eigenvalue weighted by Crippen LogP contribution is -2.60. The lowest BCUT2D eigenvalue weighted by molar-refractivity contribution is -0.120. The SMILES string of the molecule is COc1cccc(N2CCN3c4ccccc4C[C@@H](C(=O)Nc4ccc(F)cc4)[C@H]3C2)c1. The van der Waals surface area contributed by atoms with Crippen molar-refractivity contribution in [3.63, 3.8) is 0 Å². The minimum Gasteiger partial charge on any atom is -0.497 e. The Morgan fingerprint density at radius 2 is 1.84 bits per heavy atom. The van der Waals surface area contributed by atoms with Gasteiger partial charge in [0.1, 0.15) is 11.6 Å². The van der Waals surface area contributed by atoms with Crippen LogP contribution < -0.4 is 19.9 Å². The number of amides is 1. The van der Waals surface area contributed by atoms with Crippen LogP contribution in [0.2, 0.25) is 0 Å². The Morgan fingerprint density at radius 1 is 1.03 bits per heavy atom. The third-order valence-electron chi connectivity index (χ3n) is 6.49. The molecule has 164 valence electrons. The van der Waals surface area contributed by atoms with Gasteiger partial charge in [-0.2, -0.15) is 0 Å². The quantitative estimate of drug-likeness (QED) is 0.668. The molecule has 0 spiro atoms. The molecule has 5 nitrogen and oxygen atoms in total. The van der Waals surface area contributed by atoms with Gasteiger partial charge >= 0.3 is 0 Å². The second-order valence-electron chi connectivity index (χ2n) is 8.34. The number of methoxy groups -OCH3 is 1. The van der Waals surface area contributed by atoms with Gasteiger partial charge in [0.15, 0.2) is 0 Å². The molecule has 0 saturated carbocycles. The summed E-state index contributed by atoms with van der Waals surface area (Å²) in [6, 6.07) is 22.4. The first-order valence-corrected chi connectivity index (χ1v) is 10.9. The van der Waals surface area contributed by atoms with Gasteiger partial charge in [-0.3, -0.25) is 4.79 Å². The number of carbonyl (C=O) groups is 1. The van der Waals surface area contributed by atoms with E-state index in [-0.39, 0.29) is 23.7 Å². The van der Waals surface area contributed by atoms with E-state index in [1.165, 1.54) is 23.4 Å². The number of hydrogen-bond acceptors (Lipinski definition) is 4. The fourth-order valence-electron chi connectivity index (χ4n) is 4.87. The summed E-state index contributed by atoms with van der Waals surface area (Å²) in [6.45, 7) is 2.44. The highest BCUT2D eigenvalue weighted by Gasteiger charge is 2.41. The third kappa shape index (κ3) is 3.88. The van der Waals surface area contributed by atoms with Crippen molar-refractivity contribution >= 4 is 23.0 Å². The highest BCUT2D eigenvalue weighted by molar-refractivity contribution is 5.94. The van der Waals surface area contributed by atoms with Crippen LogP contribution >= 0.6 is 0 Å². The zero-order valence-electron chi connectivity index (χ0n) is 18.0. The Hall–Kier alpha value is -3.54. The number of benzene rings is 3. The molecule has 1 fully saturated rings. The first-order chi connectivity index (χ1) is 15.6. The number of halogens is 1. The molecule has 0 unspecified atom stereocenters. The van der Waals surface area contributed by atoms with E-state index in [0.717, 1.165) is 31.1 Å². The van der Waals surface area contributed by atoms with Gasteiger partial charge in [-0.25, -0.2) is 4.39 Å². The van der Waals surface area contributed by atoms with E-state index in [2.05, 4.69) is 39.4 Å². The van der Waals surface area contributed by atoms with Gasteiger partial charge in [-0.1, -0.05) is 24.3 Å². The number of nitrogens with zero attached hydrogens (tertiary/aromatic N) is 2. The maximum absolute atomic E-state index is 13.4. The maximum atomic E-state index is 13.4. The topological polar surface area (TPSA) is 44.8 Å². The van der Waals surface area contributed by atoms with E-state index in [1.807, 2.05) is 24.3 Å². The minimum absolute atomic E-state index is 0.0327. The third-order valence-corrected chi connectivity index (χ3v) is 6.49. The molecule has 6 heteroatoms. The molecule has 0 aliphatic carbocycles. The smallest absolute Gasteiger partial charge is 0.229 e. The van der Waals surface area contributed by atoms with Crippen molar-refractivity contribution in [2.24, 2.45) is 5.92 Å². The summed E-state index contributed by atoms with van der Waals surface area (Å²) in [7, 11) is 1.67. The van der Waals surface area contributed by atoms with Crippen molar-refractivity contribution in [3.8, 4) is 5.75 Å². The second-order valence-corrected chi connectivity index (χ2v) is 8.34. The summed E-state index contributed by atoms with van der Waals surface area (Å²) in [6.07, 6.45) is 0.677. The fraction of sp³-hybridized carbons (Fsp3) is 0.269. The van der Waals surface area contributed by atoms with Crippen LogP contribution in [0, 0.1) is 11.7 Å². The van der Waals surface area contributed by atoms with Gasteiger partial charge < -0.3 is 19.9 Å². The summed E-state index contributed by atoms with van der Waals surface area (Å²) in [5.74, 6) is 0.253. The Labute approximate surface area is 187 Å². The van der Waals surface area contributed by atoms with Crippen LogP contribution in [-0.4, -0.2) is 38.7 Å². The van der Waals surface area contributed by atoms with Crippen LogP contribution in [0.5, 0.6) is 5.75 Å². The molecule has 0 aromatic heterocycles. The zero-order valence-corrected chi connectivity index (χ0v) is 18.0. The second kappa shape index (κ2) is 8.54. The number of para-hydroxylation sites is 1. The molecule has 3 aromatic carbocycles. The number of carbonyl (C=O) groups excluding carboxylic acids is 1. The Bertz CT molecular complexity index is 1120.